The lowest BCUT2D eigenvalue weighted by atomic mass is 10.00. The lowest BCUT2D eigenvalue weighted by Crippen LogP contribution is -1.99. The van der Waals surface area contributed by atoms with Crippen molar-refractivity contribution in [1.82, 2.24) is 0 Å². The number of aliphatic hydroxyl groups excluding tert-OH is 1. The van der Waals surface area contributed by atoms with E-state index in [1.807, 2.05) is 19.1 Å². The zero-order valence-corrected chi connectivity index (χ0v) is 15.0. The summed E-state index contributed by atoms with van der Waals surface area (Å²) in [6, 6.07) is 8.22. The zero-order valence-electron chi connectivity index (χ0n) is 15.0. The minimum absolute atomic E-state index is 0.0482. The number of hydrogen-bond acceptors (Lipinski definition) is 5. The van der Waals surface area contributed by atoms with Crippen molar-refractivity contribution < 1.29 is 24.8 Å². The van der Waals surface area contributed by atoms with Crippen LogP contribution in [0.25, 0.3) is 0 Å². The summed E-state index contributed by atoms with van der Waals surface area (Å²) < 4.78 is 10.8. The second kappa shape index (κ2) is 8.62. The highest BCUT2D eigenvalue weighted by atomic mass is 16.5. The van der Waals surface area contributed by atoms with Gasteiger partial charge in [-0.15, -0.1) is 0 Å². The molecule has 2 rings (SSSR count). The van der Waals surface area contributed by atoms with Crippen LogP contribution in [0.2, 0.25) is 0 Å². The summed E-state index contributed by atoms with van der Waals surface area (Å²) in [5, 5.41) is 29.2. The molecule has 0 saturated heterocycles. The minimum atomic E-state index is -0.708. The van der Waals surface area contributed by atoms with Gasteiger partial charge in [-0.05, 0) is 61.6 Å². The molecule has 0 amide bonds. The summed E-state index contributed by atoms with van der Waals surface area (Å²) in [7, 11) is 3.29. The molecule has 0 unspecified atom stereocenters. The lowest BCUT2D eigenvalue weighted by Gasteiger charge is -2.14. The summed E-state index contributed by atoms with van der Waals surface area (Å²) in [6.07, 6.45) is 2.42. The SMILES string of the molecule is COc1cc(CCCC[C@H](O)c2cc(O)cc(O)c2)cc(OC)c1C. The van der Waals surface area contributed by atoms with Gasteiger partial charge in [0.2, 0.25) is 0 Å². The number of aromatic hydroxyl groups is 2. The zero-order chi connectivity index (χ0) is 18.4. The van der Waals surface area contributed by atoms with Crippen LogP contribution >= 0.6 is 0 Å². The Morgan fingerprint density at radius 2 is 1.44 bits per heavy atom. The average molecular weight is 346 g/mol. The number of aliphatic hydroxyl groups is 1. The summed E-state index contributed by atoms with van der Waals surface area (Å²) in [5.41, 5.74) is 2.63. The van der Waals surface area contributed by atoms with Crippen LogP contribution in [0, 0.1) is 6.92 Å². The van der Waals surface area contributed by atoms with E-state index in [1.165, 1.54) is 18.2 Å². The second-order valence-corrected chi connectivity index (χ2v) is 6.17. The molecule has 0 spiro atoms. The molecular weight excluding hydrogens is 320 g/mol. The number of phenols is 2. The predicted octanol–water partition coefficient (Wildman–Crippen LogP) is 3.87. The topological polar surface area (TPSA) is 79.2 Å². The molecule has 0 fully saturated rings. The first-order valence-electron chi connectivity index (χ1n) is 8.37. The van der Waals surface area contributed by atoms with E-state index in [-0.39, 0.29) is 11.5 Å². The molecule has 5 nitrogen and oxygen atoms in total. The van der Waals surface area contributed by atoms with E-state index in [1.54, 1.807) is 14.2 Å². The Hall–Kier alpha value is -2.40. The Balaban J connectivity index is 1.90. The highest BCUT2D eigenvalue weighted by molar-refractivity contribution is 5.47. The molecule has 0 heterocycles. The van der Waals surface area contributed by atoms with Crippen molar-refractivity contribution in [2.75, 3.05) is 14.2 Å². The molecule has 3 N–H and O–H groups in total. The Morgan fingerprint density at radius 3 is 1.96 bits per heavy atom. The van der Waals surface area contributed by atoms with Crippen LogP contribution in [0.4, 0.5) is 0 Å². The number of methoxy groups -OCH3 is 2. The standard InChI is InChI=1S/C20H26O5/c1-13-19(24-2)8-14(9-20(13)25-3)6-4-5-7-18(23)15-10-16(21)12-17(22)11-15/h8-12,18,21-23H,4-7H2,1-3H3/t18-/m0/s1. The van der Waals surface area contributed by atoms with Gasteiger partial charge in [-0.2, -0.15) is 0 Å². The maximum Gasteiger partial charge on any atom is 0.125 e. The van der Waals surface area contributed by atoms with Gasteiger partial charge >= 0.3 is 0 Å². The monoisotopic (exact) mass is 346 g/mol. The maximum atomic E-state index is 10.2. The molecule has 0 aliphatic rings. The van der Waals surface area contributed by atoms with Gasteiger partial charge in [0.25, 0.3) is 0 Å². The third kappa shape index (κ3) is 5.03. The van der Waals surface area contributed by atoms with E-state index in [2.05, 4.69) is 0 Å². The highest BCUT2D eigenvalue weighted by Gasteiger charge is 2.11. The van der Waals surface area contributed by atoms with E-state index in [0.29, 0.717) is 12.0 Å². The van der Waals surface area contributed by atoms with Crippen LogP contribution in [-0.4, -0.2) is 29.5 Å². The van der Waals surface area contributed by atoms with E-state index in [9.17, 15) is 15.3 Å². The molecule has 0 aliphatic carbocycles. The number of benzene rings is 2. The van der Waals surface area contributed by atoms with Crippen LogP contribution in [0.5, 0.6) is 23.0 Å². The fraction of sp³-hybridized carbons (Fsp3) is 0.400. The first-order valence-corrected chi connectivity index (χ1v) is 8.37. The Kier molecular flexibility index (Phi) is 6.53. The predicted molar refractivity (Wildman–Crippen MR) is 96.6 cm³/mol. The van der Waals surface area contributed by atoms with Crippen LogP contribution in [0.1, 0.15) is 42.1 Å². The second-order valence-electron chi connectivity index (χ2n) is 6.17. The highest BCUT2D eigenvalue weighted by Crippen LogP contribution is 2.31. The molecule has 0 saturated carbocycles. The molecule has 0 radical (unpaired) electrons. The molecule has 2 aromatic rings. The van der Waals surface area contributed by atoms with Crippen LogP contribution in [0.15, 0.2) is 30.3 Å². The van der Waals surface area contributed by atoms with E-state index >= 15 is 0 Å². The number of aryl methyl sites for hydroxylation is 1. The van der Waals surface area contributed by atoms with Gasteiger partial charge in [-0.1, -0.05) is 6.42 Å². The fourth-order valence-electron chi connectivity index (χ4n) is 2.93. The average Bonchev–Trinajstić information content (AvgIpc) is 2.58. The molecule has 0 aromatic heterocycles. The lowest BCUT2D eigenvalue weighted by molar-refractivity contribution is 0.163. The van der Waals surface area contributed by atoms with Gasteiger partial charge in [0, 0.05) is 11.6 Å². The largest absolute Gasteiger partial charge is 0.508 e. The van der Waals surface area contributed by atoms with E-state index < -0.39 is 6.10 Å². The van der Waals surface area contributed by atoms with Crippen LogP contribution < -0.4 is 9.47 Å². The molecule has 5 heteroatoms. The molecule has 2 aromatic carbocycles. The van der Waals surface area contributed by atoms with Crippen molar-refractivity contribution in [3.8, 4) is 23.0 Å². The maximum absolute atomic E-state index is 10.2. The summed E-state index contributed by atoms with van der Waals surface area (Å²) in [6.45, 7) is 1.96. The summed E-state index contributed by atoms with van der Waals surface area (Å²) >= 11 is 0. The van der Waals surface area contributed by atoms with Crippen molar-refractivity contribution in [3.63, 3.8) is 0 Å². The molecule has 136 valence electrons. The third-order valence-electron chi connectivity index (χ3n) is 4.31. The molecule has 25 heavy (non-hydrogen) atoms. The van der Waals surface area contributed by atoms with Crippen molar-refractivity contribution in [2.24, 2.45) is 0 Å². The number of rotatable bonds is 8. The normalized spacial score (nSPS) is 12.0. The quantitative estimate of drug-likeness (QED) is 0.632. The van der Waals surface area contributed by atoms with Gasteiger partial charge < -0.3 is 24.8 Å². The molecule has 0 aliphatic heterocycles. The number of ether oxygens (including phenoxy) is 2. The van der Waals surface area contributed by atoms with Crippen LogP contribution in [-0.2, 0) is 6.42 Å². The minimum Gasteiger partial charge on any atom is -0.508 e. The van der Waals surface area contributed by atoms with Crippen LogP contribution in [0.3, 0.4) is 0 Å². The first-order chi connectivity index (χ1) is 11.9. The van der Waals surface area contributed by atoms with Gasteiger partial charge in [0.15, 0.2) is 0 Å². The van der Waals surface area contributed by atoms with Gasteiger partial charge in [0.1, 0.15) is 23.0 Å². The summed E-state index contributed by atoms with van der Waals surface area (Å²) in [4.78, 5) is 0. The number of hydrogen-bond donors (Lipinski definition) is 3. The van der Waals surface area contributed by atoms with Crippen molar-refractivity contribution in [1.29, 1.82) is 0 Å². The van der Waals surface area contributed by atoms with E-state index in [4.69, 9.17) is 9.47 Å². The number of unbranched alkanes of at least 4 members (excludes halogenated alkanes) is 1. The van der Waals surface area contributed by atoms with E-state index in [0.717, 1.165) is 41.9 Å². The molecule has 0 bridgehead atoms. The van der Waals surface area contributed by atoms with Gasteiger partial charge in [0.05, 0.1) is 20.3 Å². The van der Waals surface area contributed by atoms with Gasteiger partial charge in [-0.25, -0.2) is 0 Å². The number of phenolic OH excluding ortho intramolecular Hbond substituents is 2. The van der Waals surface area contributed by atoms with Gasteiger partial charge in [-0.3, -0.25) is 0 Å². The van der Waals surface area contributed by atoms with Crippen molar-refractivity contribution in [2.45, 2.75) is 38.7 Å². The Morgan fingerprint density at radius 1 is 0.880 bits per heavy atom. The Bertz CT molecular complexity index is 666. The Labute approximate surface area is 148 Å². The summed E-state index contributed by atoms with van der Waals surface area (Å²) in [5.74, 6) is 1.52. The first kappa shape index (κ1) is 18.9. The third-order valence-corrected chi connectivity index (χ3v) is 4.31. The van der Waals surface area contributed by atoms with Crippen molar-refractivity contribution >= 4 is 0 Å². The molecular formula is C20H26O5. The van der Waals surface area contributed by atoms with Crippen molar-refractivity contribution in [3.05, 3.63) is 47.0 Å². The smallest absolute Gasteiger partial charge is 0.125 e. The fourth-order valence-corrected chi connectivity index (χ4v) is 2.93. The molecule has 1 atom stereocenters.